The van der Waals surface area contributed by atoms with Crippen LogP contribution in [0.5, 0.6) is 0 Å². The van der Waals surface area contributed by atoms with Crippen molar-refractivity contribution in [1.82, 2.24) is 4.57 Å². The monoisotopic (exact) mass is 390 g/mol. The molecule has 0 spiro atoms. The Labute approximate surface area is 168 Å². The number of nitrogens with zero attached hydrogens (tertiary/aromatic N) is 2. The highest BCUT2D eigenvalue weighted by atomic mass is 19.1. The maximum absolute atomic E-state index is 14.0. The van der Waals surface area contributed by atoms with Crippen molar-refractivity contribution >= 4 is 23.1 Å². The van der Waals surface area contributed by atoms with Gasteiger partial charge in [0.1, 0.15) is 5.82 Å². The first-order valence-corrected chi connectivity index (χ1v) is 10.1. The second-order valence-electron chi connectivity index (χ2n) is 8.55. The zero-order valence-corrected chi connectivity index (χ0v) is 16.7. The van der Waals surface area contributed by atoms with Crippen molar-refractivity contribution in [1.29, 1.82) is 0 Å². The van der Waals surface area contributed by atoms with Crippen LogP contribution in [0.25, 0.3) is 16.6 Å². The van der Waals surface area contributed by atoms with Crippen LogP contribution in [0, 0.1) is 18.7 Å². The molecule has 5 rings (SSSR count). The van der Waals surface area contributed by atoms with Crippen molar-refractivity contribution < 1.29 is 14.3 Å². The van der Waals surface area contributed by atoms with E-state index in [-0.39, 0.29) is 23.6 Å². The van der Waals surface area contributed by atoms with Gasteiger partial charge in [-0.25, -0.2) is 4.39 Å². The van der Waals surface area contributed by atoms with Crippen LogP contribution in [0.4, 0.5) is 4.39 Å². The van der Waals surface area contributed by atoms with Crippen LogP contribution in [-0.2, 0) is 11.3 Å². The van der Waals surface area contributed by atoms with Gasteiger partial charge in [0.15, 0.2) is 0 Å². The number of carboxylic acid groups (broad SMARTS) is 1. The molecular formula is C24H23FN2O2. The van der Waals surface area contributed by atoms with Gasteiger partial charge in [0.25, 0.3) is 0 Å². The van der Waals surface area contributed by atoms with Crippen molar-refractivity contribution in [3.8, 4) is 5.69 Å². The molecule has 148 valence electrons. The second kappa shape index (κ2) is 6.28. The third kappa shape index (κ3) is 2.71. The molecule has 1 saturated carbocycles. The van der Waals surface area contributed by atoms with Crippen LogP contribution in [0.2, 0.25) is 0 Å². The molecule has 1 N–H and O–H groups in total. The highest BCUT2D eigenvalue weighted by Crippen LogP contribution is 2.53. The van der Waals surface area contributed by atoms with Crippen LogP contribution in [0.1, 0.15) is 60.1 Å². The van der Waals surface area contributed by atoms with E-state index in [0.29, 0.717) is 18.5 Å². The van der Waals surface area contributed by atoms with Crippen LogP contribution in [-0.4, -0.2) is 21.9 Å². The topological polar surface area (TPSA) is 54.6 Å². The molecule has 2 heterocycles. The van der Waals surface area contributed by atoms with Crippen molar-refractivity contribution in [2.24, 2.45) is 10.9 Å². The van der Waals surface area contributed by atoms with E-state index < -0.39 is 5.97 Å². The number of fused-ring (bicyclic) bond motifs is 2. The predicted molar refractivity (Wildman–Crippen MR) is 112 cm³/mol. The summed E-state index contributed by atoms with van der Waals surface area (Å²) in [5, 5.41) is 10.7. The lowest BCUT2D eigenvalue weighted by molar-refractivity contribution is -0.138. The summed E-state index contributed by atoms with van der Waals surface area (Å²) in [5.41, 5.74) is 7.08. The fourth-order valence-electron chi connectivity index (χ4n) is 4.73. The molecule has 0 bridgehead atoms. The van der Waals surface area contributed by atoms with E-state index in [9.17, 15) is 14.3 Å². The SMILES string of the molecule is Cc1cc(-n2c(C(C)C)c(C3CC3C(=O)O)c3cc4c(cc32)C=NC4)ccc1F. The lowest BCUT2D eigenvalue weighted by Gasteiger charge is -2.16. The number of rotatable bonds is 4. The van der Waals surface area contributed by atoms with Crippen LogP contribution < -0.4 is 0 Å². The molecule has 1 aromatic heterocycles. The Morgan fingerprint density at radius 1 is 1.28 bits per heavy atom. The van der Waals surface area contributed by atoms with Gasteiger partial charge in [-0.1, -0.05) is 13.8 Å². The smallest absolute Gasteiger partial charge is 0.307 e. The van der Waals surface area contributed by atoms with E-state index in [1.165, 1.54) is 11.6 Å². The summed E-state index contributed by atoms with van der Waals surface area (Å²) in [6.07, 6.45) is 2.57. The van der Waals surface area contributed by atoms with E-state index >= 15 is 0 Å². The summed E-state index contributed by atoms with van der Waals surface area (Å²) in [5.74, 6) is -1.06. The molecule has 5 heteroatoms. The number of aromatic nitrogens is 1. The standard InChI is InChI=1S/C24H23FN2O2/c1-12(2)23-22(17-9-18(17)24(28)29)19-7-14-10-26-11-15(14)8-21(19)27(23)16-4-5-20(25)13(3)6-16/h4-8,11-12,17-18H,9-10H2,1-3H3,(H,28,29). The van der Waals surface area contributed by atoms with Crippen molar-refractivity contribution in [2.75, 3.05) is 0 Å². The van der Waals surface area contributed by atoms with E-state index in [4.69, 9.17) is 0 Å². The molecule has 0 radical (unpaired) electrons. The Bertz CT molecular complexity index is 1210. The number of carbonyl (C=O) groups is 1. The Kier molecular flexibility index (Phi) is 3.92. The van der Waals surface area contributed by atoms with Gasteiger partial charge in [-0.15, -0.1) is 0 Å². The molecule has 2 atom stereocenters. The molecule has 3 aromatic rings. The Morgan fingerprint density at radius 3 is 2.72 bits per heavy atom. The summed E-state index contributed by atoms with van der Waals surface area (Å²) >= 11 is 0. The van der Waals surface area contributed by atoms with Crippen molar-refractivity contribution in [3.05, 3.63) is 64.1 Å². The van der Waals surface area contributed by atoms with Gasteiger partial charge in [-0.2, -0.15) is 0 Å². The van der Waals surface area contributed by atoms with Gasteiger partial charge in [-0.3, -0.25) is 9.79 Å². The van der Waals surface area contributed by atoms with E-state index in [1.807, 2.05) is 12.3 Å². The predicted octanol–water partition coefficient (Wildman–Crippen LogP) is 5.32. The first-order valence-electron chi connectivity index (χ1n) is 10.1. The highest BCUT2D eigenvalue weighted by Gasteiger charge is 2.47. The molecular weight excluding hydrogens is 367 g/mol. The molecule has 1 aliphatic carbocycles. The number of aryl methyl sites for hydroxylation is 1. The quantitative estimate of drug-likeness (QED) is 0.655. The number of hydrogen-bond acceptors (Lipinski definition) is 2. The molecule has 4 nitrogen and oxygen atoms in total. The van der Waals surface area contributed by atoms with E-state index in [0.717, 1.165) is 33.4 Å². The minimum atomic E-state index is -0.729. The summed E-state index contributed by atoms with van der Waals surface area (Å²) in [6.45, 7) is 6.71. The molecule has 0 amide bonds. The average molecular weight is 390 g/mol. The zero-order valence-electron chi connectivity index (χ0n) is 16.7. The fourth-order valence-corrected chi connectivity index (χ4v) is 4.73. The number of hydrogen-bond donors (Lipinski definition) is 1. The van der Waals surface area contributed by atoms with Gasteiger partial charge < -0.3 is 9.67 Å². The number of aliphatic carboxylic acids is 1. The average Bonchev–Trinajstić information content (AvgIpc) is 3.21. The van der Waals surface area contributed by atoms with Crippen molar-refractivity contribution in [3.63, 3.8) is 0 Å². The third-order valence-electron chi connectivity index (χ3n) is 6.22. The minimum Gasteiger partial charge on any atom is -0.481 e. The van der Waals surface area contributed by atoms with Crippen LogP contribution >= 0.6 is 0 Å². The van der Waals surface area contributed by atoms with Gasteiger partial charge >= 0.3 is 5.97 Å². The molecule has 1 fully saturated rings. The summed E-state index contributed by atoms with van der Waals surface area (Å²) in [4.78, 5) is 16.0. The normalized spacial score (nSPS) is 19.9. The molecule has 29 heavy (non-hydrogen) atoms. The summed E-state index contributed by atoms with van der Waals surface area (Å²) < 4.78 is 16.2. The van der Waals surface area contributed by atoms with Gasteiger partial charge in [0.05, 0.1) is 18.0 Å². The largest absolute Gasteiger partial charge is 0.481 e. The van der Waals surface area contributed by atoms with E-state index in [2.05, 4.69) is 35.5 Å². The first-order chi connectivity index (χ1) is 13.9. The lowest BCUT2D eigenvalue weighted by Crippen LogP contribution is -2.06. The van der Waals surface area contributed by atoms with Crippen LogP contribution in [0.15, 0.2) is 35.3 Å². The second-order valence-corrected chi connectivity index (χ2v) is 8.55. The Balaban J connectivity index is 1.85. The lowest BCUT2D eigenvalue weighted by atomic mass is 9.97. The summed E-state index contributed by atoms with van der Waals surface area (Å²) in [7, 11) is 0. The maximum Gasteiger partial charge on any atom is 0.307 e. The summed E-state index contributed by atoms with van der Waals surface area (Å²) in [6, 6.07) is 9.51. The molecule has 1 aliphatic heterocycles. The zero-order chi connectivity index (χ0) is 20.4. The maximum atomic E-state index is 14.0. The molecule has 2 unspecified atom stereocenters. The van der Waals surface area contributed by atoms with Gasteiger partial charge in [0.2, 0.25) is 0 Å². The molecule has 2 aliphatic rings. The van der Waals surface area contributed by atoms with E-state index in [1.54, 1.807) is 13.0 Å². The Morgan fingerprint density at radius 2 is 2.07 bits per heavy atom. The number of carboxylic acids is 1. The third-order valence-corrected chi connectivity index (χ3v) is 6.22. The van der Waals surface area contributed by atoms with Crippen molar-refractivity contribution in [2.45, 2.75) is 45.6 Å². The molecule has 2 aromatic carbocycles. The first kappa shape index (κ1) is 18.1. The highest BCUT2D eigenvalue weighted by molar-refractivity contribution is 5.97. The Hall–Kier alpha value is -2.95. The van der Waals surface area contributed by atoms with Gasteiger partial charge in [-0.05, 0) is 71.8 Å². The molecule has 0 saturated heterocycles. The number of halogens is 1. The van der Waals surface area contributed by atoms with Crippen LogP contribution in [0.3, 0.4) is 0 Å². The minimum absolute atomic E-state index is 0.0237. The number of benzene rings is 2. The van der Waals surface area contributed by atoms with Gasteiger partial charge in [0, 0.05) is 28.9 Å². The number of aliphatic imine (C=N–C) groups is 1. The fraction of sp³-hybridized carbons (Fsp3) is 0.333.